The maximum Gasteiger partial charge on any atom is 0.263 e. The molecule has 3 nitrogen and oxygen atoms in total. The summed E-state index contributed by atoms with van der Waals surface area (Å²) in [6.45, 7) is 3.74. The van der Waals surface area contributed by atoms with Gasteiger partial charge in [-0.2, -0.15) is 0 Å². The fourth-order valence-electron chi connectivity index (χ4n) is 2.99. The van der Waals surface area contributed by atoms with Crippen molar-refractivity contribution in [3.8, 4) is 0 Å². The van der Waals surface area contributed by atoms with Crippen LogP contribution in [-0.4, -0.2) is 29.9 Å². The lowest BCUT2D eigenvalue weighted by Gasteiger charge is -2.17. The number of thiophene rings is 1. The minimum absolute atomic E-state index is 0. The van der Waals surface area contributed by atoms with Crippen LogP contribution in [0.15, 0.2) is 6.07 Å². The highest BCUT2D eigenvalue weighted by molar-refractivity contribution is 7.14. The molecule has 0 bridgehead atoms. The number of hydrogen-bond donors (Lipinski definition) is 1. The topological polar surface area (TPSA) is 46.3 Å². The second kappa shape index (κ2) is 5.81. The molecule has 1 aliphatic carbocycles. The van der Waals surface area contributed by atoms with Crippen LogP contribution in [0.5, 0.6) is 0 Å². The minimum Gasteiger partial charge on any atom is -0.338 e. The molecule has 1 aliphatic heterocycles. The number of rotatable bonds is 2. The number of carbonyl (C=O) groups is 1. The first-order valence-corrected chi connectivity index (χ1v) is 7.63. The summed E-state index contributed by atoms with van der Waals surface area (Å²) in [5.74, 6) is 0.693. The van der Waals surface area contributed by atoms with Crippen LogP contribution in [0.1, 0.15) is 39.9 Å². The molecule has 106 valence electrons. The van der Waals surface area contributed by atoms with Gasteiger partial charge in [-0.05, 0) is 50.2 Å². The van der Waals surface area contributed by atoms with Crippen LogP contribution >= 0.6 is 23.7 Å². The molecule has 1 fully saturated rings. The van der Waals surface area contributed by atoms with Gasteiger partial charge in [-0.3, -0.25) is 4.79 Å². The predicted octanol–water partition coefficient (Wildman–Crippen LogP) is 2.47. The van der Waals surface area contributed by atoms with Gasteiger partial charge in [0.15, 0.2) is 0 Å². The monoisotopic (exact) mass is 300 g/mol. The summed E-state index contributed by atoms with van der Waals surface area (Å²) in [5.41, 5.74) is 7.33. The molecular formula is C14H21ClN2OS. The molecule has 0 aromatic carbocycles. The number of likely N-dealkylation sites (tertiary alicyclic amines) is 1. The van der Waals surface area contributed by atoms with E-state index in [9.17, 15) is 4.79 Å². The van der Waals surface area contributed by atoms with E-state index >= 15 is 0 Å². The summed E-state index contributed by atoms with van der Waals surface area (Å²) in [7, 11) is 0. The lowest BCUT2D eigenvalue weighted by molar-refractivity contribution is 0.0790. The van der Waals surface area contributed by atoms with E-state index in [2.05, 4.69) is 6.07 Å². The Morgan fingerprint density at radius 2 is 2.32 bits per heavy atom. The molecule has 2 atom stereocenters. The molecule has 0 saturated carbocycles. The molecule has 0 radical (unpaired) electrons. The van der Waals surface area contributed by atoms with Gasteiger partial charge in [0.2, 0.25) is 0 Å². The fourth-order valence-corrected chi connectivity index (χ4v) is 4.21. The molecule has 2 N–H and O–H groups in total. The van der Waals surface area contributed by atoms with Crippen molar-refractivity contribution in [3.63, 3.8) is 0 Å². The van der Waals surface area contributed by atoms with Gasteiger partial charge in [0.25, 0.3) is 5.91 Å². The molecule has 19 heavy (non-hydrogen) atoms. The molecule has 2 aliphatic rings. The molecule has 1 saturated heterocycles. The number of amides is 1. The number of nitrogens with two attached hydrogens (primary N) is 1. The lowest BCUT2D eigenvalue weighted by atomic mass is 10.0. The summed E-state index contributed by atoms with van der Waals surface area (Å²) in [5, 5.41) is 0. The van der Waals surface area contributed by atoms with E-state index in [0.717, 1.165) is 37.2 Å². The highest BCUT2D eigenvalue weighted by atomic mass is 35.5. The van der Waals surface area contributed by atoms with Crippen LogP contribution in [0.3, 0.4) is 0 Å². The summed E-state index contributed by atoms with van der Waals surface area (Å²) in [6.07, 6.45) is 4.62. The Morgan fingerprint density at radius 3 is 2.95 bits per heavy atom. The molecule has 1 aromatic rings. The van der Waals surface area contributed by atoms with Gasteiger partial charge in [0.05, 0.1) is 4.88 Å². The van der Waals surface area contributed by atoms with Gasteiger partial charge in [-0.25, -0.2) is 0 Å². The Kier molecular flexibility index (Phi) is 4.54. The average molecular weight is 301 g/mol. The zero-order valence-corrected chi connectivity index (χ0v) is 12.9. The maximum atomic E-state index is 12.4. The van der Waals surface area contributed by atoms with Crippen molar-refractivity contribution in [2.75, 3.05) is 13.1 Å². The van der Waals surface area contributed by atoms with Crippen LogP contribution in [0, 0.1) is 5.92 Å². The number of carbonyl (C=O) groups excluding carboxylic acids is 1. The van der Waals surface area contributed by atoms with Gasteiger partial charge in [-0.15, -0.1) is 23.7 Å². The Bertz CT molecular complexity index is 451. The second-order valence-electron chi connectivity index (χ2n) is 5.57. The van der Waals surface area contributed by atoms with Crippen molar-refractivity contribution >= 4 is 29.7 Å². The van der Waals surface area contributed by atoms with Gasteiger partial charge in [0, 0.05) is 24.0 Å². The van der Waals surface area contributed by atoms with Crippen molar-refractivity contribution in [1.29, 1.82) is 0 Å². The number of fused-ring (bicyclic) bond motifs is 1. The number of aryl methyl sites for hydroxylation is 2. The molecule has 3 rings (SSSR count). The van der Waals surface area contributed by atoms with Crippen LogP contribution < -0.4 is 5.73 Å². The van der Waals surface area contributed by atoms with Crippen molar-refractivity contribution in [3.05, 3.63) is 21.4 Å². The first-order valence-electron chi connectivity index (χ1n) is 6.81. The van der Waals surface area contributed by atoms with E-state index in [1.165, 1.54) is 16.9 Å². The third-order valence-electron chi connectivity index (χ3n) is 4.21. The minimum atomic E-state index is 0. The fraction of sp³-hybridized carbons (Fsp3) is 0.643. The SMILES string of the molecule is CC(N)C1CCN(C(=O)c2cc3c(s2)CCC3)C1.Cl. The van der Waals surface area contributed by atoms with E-state index in [-0.39, 0.29) is 24.4 Å². The van der Waals surface area contributed by atoms with Crippen LogP contribution in [-0.2, 0) is 12.8 Å². The van der Waals surface area contributed by atoms with Crippen LogP contribution in [0.25, 0.3) is 0 Å². The van der Waals surface area contributed by atoms with E-state index in [4.69, 9.17) is 5.73 Å². The predicted molar refractivity (Wildman–Crippen MR) is 81.3 cm³/mol. The second-order valence-corrected chi connectivity index (χ2v) is 6.71. The number of hydrogen-bond acceptors (Lipinski definition) is 3. The van der Waals surface area contributed by atoms with Gasteiger partial charge < -0.3 is 10.6 Å². The van der Waals surface area contributed by atoms with Crippen molar-refractivity contribution in [2.45, 2.75) is 38.6 Å². The molecular weight excluding hydrogens is 280 g/mol. The van der Waals surface area contributed by atoms with Crippen molar-refractivity contribution in [2.24, 2.45) is 11.7 Å². The zero-order valence-electron chi connectivity index (χ0n) is 11.2. The van der Waals surface area contributed by atoms with Crippen LogP contribution in [0.2, 0.25) is 0 Å². The van der Waals surface area contributed by atoms with Gasteiger partial charge >= 0.3 is 0 Å². The van der Waals surface area contributed by atoms with E-state index in [1.54, 1.807) is 11.3 Å². The Labute approximate surface area is 124 Å². The summed E-state index contributed by atoms with van der Waals surface area (Å²) < 4.78 is 0. The highest BCUT2D eigenvalue weighted by Crippen LogP contribution is 2.32. The molecule has 2 unspecified atom stereocenters. The normalized spacial score (nSPS) is 23.1. The largest absolute Gasteiger partial charge is 0.338 e. The zero-order chi connectivity index (χ0) is 12.7. The molecule has 1 aromatic heterocycles. The maximum absolute atomic E-state index is 12.4. The molecule has 1 amide bonds. The van der Waals surface area contributed by atoms with Gasteiger partial charge in [-0.1, -0.05) is 0 Å². The third-order valence-corrected chi connectivity index (χ3v) is 5.44. The Balaban J connectivity index is 0.00000133. The quantitative estimate of drug-likeness (QED) is 0.912. The lowest BCUT2D eigenvalue weighted by Crippen LogP contribution is -2.32. The highest BCUT2D eigenvalue weighted by Gasteiger charge is 2.30. The summed E-state index contributed by atoms with van der Waals surface area (Å²) in [4.78, 5) is 16.8. The van der Waals surface area contributed by atoms with Gasteiger partial charge in [0.1, 0.15) is 0 Å². The molecule has 2 heterocycles. The Morgan fingerprint density at radius 1 is 1.53 bits per heavy atom. The van der Waals surface area contributed by atoms with Crippen molar-refractivity contribution in [1.82, 2.24) is 4.90 Å². The molecule has 0 spiro atoms. The van der Waals surface area contributed by atoms with E-state index in [1.807, 2.05) is 11.8 Å². The van der Waals surface area contributed by atoms with E-state index in [0.29, 0.717) is 5.92 Å². The standard InChI is InChI=1S/C14H20N2OS.ClH/c1-9(15)11-5-6-16(8-11)14(17)13-7-10-3-2-4-12(10)18-13;/h7,9,11H,2-6,8,15H2,1H3;1H. The first-order chi connectivity index (χ1) is 8.65. The molecule has 5 heteroatoms. The smallest absolute Gasteiger partial charge is 0.263 e. The summed E-state index contributed by atoms with van der Waals surface area (Å²) >= 11 is 1.70. The van der Waals surface area contributed by atoms with Crippen LogP contribution in [0.4, 0.5) is 0 Å². The average Bonchev–Trinajstić information content (AvgIpc) is 3.02. The van der Waals surface area contributed by atoms with E-state index < -0.39 is 0 Å². The third kappa shape index (κ3) is 2.81. The number of nitrogens with zero attached hydrogens (tertiary/aromatic N) is 1. The summed E-state index contributed by atoms with van der Waals surface area (Å²) in [6, 6.07) is 2.31. The first kappa shape index (κ1) is 14.8. The number of halogens is 1. The Hall–Kier alpha value is -0.580. The van der Waals surface area contributed by atoms with Crippen molar-refractivity contribution < 1.29 is 4.79 Å².